The summed E-state index contributed by atoms with van der Waals surface area (Å²) in [7, 11) is 0. The quantitative estimate of drug-likeness (QED) is 0.526. The second-order valence-corrected chi connectivity index (χ2v) is 6.67. The number of carbonyl (C=O) groups excluding carboxylic acids is 1. The molecule has 5 heteroatoms. The number of nitrogens with one attached hydrogen (secondary N) is 1. The molecule has 0 fully saturated rings. The fourth-order valence-corrected chi connectivity index (χ4v) is 2.62. The van der Waals surface area contributed by atoms with Gasteiger partial charge in [0.15, 0.2) is 6.61 Å². The van der Waals surface area contributed by atoms with E-state index in [1.807, 2.05) is 49.4 Å². The molecule has 144 valence electrons. The molecule has 0 unspecified atom stereocenters. The summed E-state index contributed by atoms with van der Waals surface area (Å²) in [5, 5.41) is 3.96. The van der Waals surface area contributed by atoms with Gasteiger partial charge in [-0.1, -0.05) is 26.8 Å². The summed E-state index contributed by atoms with van der Waals surface area (Å²) in [5.74, 6) is 1.66. The molecule has 2 aromatic carbocycles. The number of ether oxygens (including phenoxy) is 2. The minimum Gasteiger partial charge on any atom is -0.494 e. The van der Waals surface area contributed by atoms with Gasteiger partial charge in [0, 0.05) is 0 Å². The van der Waals surface area contributed by atoms with Crippen LogP contribution < -0.4 is 14.9 Å². The molecule has 0 saturated heterocycles. The molecule has 0 aromatic heterocycles. The molecular formula is C22H28N2O3. The molecule has 0 aliphatic carbocycles. The number of amides is 1. The van der Waals surface area contributed by atoms with Crippen LogP contribution in [0, 0.1) is 6.92 Å². The summed E-state index contributed by atoms with van der Waals surface area (Å²) in [6.07, 6.45) is 2.56. The molecule has 1 N–H and O–H groups in total. The van der Waals surface area contributed by atoms with E-state index < -0.39 is 0 Å². The van der Waals surface area contributed by atoms with Gasteiger partial charge in [0.1, 0.15) is 11.5 Å². The van der Waals surface area contributed by atoms with Gasteiger partial charge in [-0.15, -0.1) is 0 Å². The van der Waals surface area contributed by atoms with Crippen LogP contribution in [0.3, 0.4) is 0 Å². The Hall–Kier alpha value is -2.82. The van der Waals surface area contributed by atoms with Crippen LogP contribution in [0.1, 0.15) is 49.8 Å². The highest BCUT2D eigenvalue weighted by Crippen LogP contribution is 2.23. The Morgan fingerprint density at radius 3 is 2.44 bits per heavy atom. The lowest BCUT2D eigenvalue weighted by molar-refractivity contribution is -0.123. The van der Waals surface area contributed by atoms with Crippen molar-refractivity contribution in [1.82, 2.24) is 5.43 Å². The fourth-order valence-electron chi connectivity index (χ4n) is 2.62. The maximum Gasteiger partial charge on any atom is 0.277 e. The summed E-state index contributed by atoms with van der Waals surface area (Å²) >= 11 is 0. The zero-order valence-corrected chi connectivity index (χ0v) is 16.5. The number of rotatable bonds is 9. The molecule has 0 atom stereocenters. The number of benzene rings is 2. The highest BCUT2D eigenvalue weighted by atomic mass is 16.5. The second kappa shape index (κ2) is 10.4. The van der Waals surface area contributed by atoms with Gasteiger partial charge in [0.05, 0.1) is 12.8 Å². The van der Waals surface area contributed by atoms with Crippen LogP contribution in [0.5, 0.6) is 11.5 Å². The van der Waals surface area contributed by atoms with Crippen molar-refractivity contribution in [2.45, 2.75) is 40.0 Å². The number of nitrogens with zero attached hydrogens (tertiary/aromatic N) is 1. The molecule has 1 amide bonds. The Morgan fingerprint density at radius 1 is 1.11 bits per heavy atom. The summed E-state index contributed by atoms with van der Waals surface area (Å²) in [5.41, 5.74) is 5.78. The van der Waals surface area contributed by atoms with Gasteiger partial charge >= 0.3 is 0 Å². The van der Waals surface area contributed by atoms with Crippen molar-refractivity contribution in [2.24, 2.45) is 5.10 Å². The van der Waals surface area contributed by atoms with E-state index in [-0.39, 0.29) is 12.5 Å². The fraction of sp³-hybridized carbons (Fsp3) is 0.364. The van der Waals surface area contributed by atoms with Gasteiger partial charge in [-0.2, -0.15) is 5.10 Å². The van der Waals surface area contributed by atoms with Crippen molar-refractivity contribution in [1.29, 1.82) is 0 Å². The monoisotopic (exact) mass is 368 g/mol. The second-order valence-electron chi connectivity index (χ2n) is 6.67. The first-order chi connectivity index (χ1) is 13.0. The highest BCUT2D eigenvalue weighted by molar-refractivity contribution is 5.83. The summed E-state index contributed by atoms with van der Waals surface area (Å²) in [6, 6.07) is 13.4. The molecule has 27 heavy (non-hydrogen) atoms. The number of hydrogen-bond donors (Lipinski definition) is 1. The molecular weight excluding hydrogens is 340 g/mol. The van der Waals surface area contributed by atoms with Gasteiger partial charge in [-0.05, 0) is 72.4 Å². The molecule has 0 radical (unpaired) electrons. The Kier molecular flexibility index (Phi) is 7.86. The van der Waals surface area contributed by atoms with Crippen molar-refractivity contribution in [3.63, 3.8) is 0 Å². The number of carbonyl (C=O) groups is 1. The maximum absolute atomic E-state index is 11.9. The topological polar surface area (TPSA) is 59.9 Å². The Balaban J connectivity index is 1.79. The first-order valence-corrected chi connectivity index (χ1v) is 9.27. The van der Waals surface area contributed by atoms with Gasteiger partial charge in [0.2, 0.25) is 0 Å². The molecule has 0 heterocycles. The Morgan fingerprint density at radius 2 is 1.81 bits per heavy atom. The van der Waals surface area contributed by atoms with Gasteiger partial charge in [-0.3, -0.25) is 4.79 Å². The molecule has 0 spiro atoms. The third kappa shape index (κ3) is 6.77. The zero-order chi connectivity index (χ0) is 19.6. The summed E-state index contributed by atoms with van der Waals surface area (Å²) in [4.78, 5) is 11.9. The lowest BCUT2D eigenvalue weighted by atomic mass is 9.98. The van der Waals surface area contributed by atoms with Crippen molar-refractivity contribution in [3.05, 3.63) is 59.2 Å². The largest absolute Gasteiger partial charge is 0.494 e. The Bertz CT molecular complexity index is 768. The average molecular weight is 368 g/mol. The van der Waals surface area contributed by atoms with Crippen molar-refractivity contribution >= 4 is 12.1 Å². The van der Waals surface area contributed by atoms with E-state index in [0.717, 1.165) is 23.3 Å². The van der Waals surface area contributed by atoms with E-state index in [2.05, 4.69) is 31.3 Å². The van der Waals surface area contributed by atoms with Crippen LogP contribution in [-0.4, -0.2) is 25.3 Å². The average Bonchev–Trinajstić information content (AvgIpc) is 2.65. The highest BCUT2D eigenvalue weighted by Gasteiger charge is 2.06. The smallest absolute Gasteiger partial charge is 0.277 e. The lowest BCUT2D eigenvalue weighted by Crippen LogP contribution is -2.24. The van der Waals surface area contributed by atoms with E-state index in [1.54, 1.807) is 6.21 Å². The van der Waals surface area contributed by atoms with Crippen LogP contribution >= 0.6 is 0 Å². The predicted molar refractivity (Wildman–Crippen MR) is 109 cm³/mol. The molecule has 0 saturated carbocycles. The maximum atomic E-state index is 11.9. The molecule has 0 bridgehead atoms. The minimum absolute atomic E-state index is 0.0817. The molecule has 0 aliphatic heterocycles. The van der Waals surface area contributed by atoms with Crippen molar-refractivity contribution in [3.8, 4) is 11.5 Å². The van der Waals surface area contributed by atoms with E-state index in [0.29, 0.717) is 18.3 Å². The van der Waals surface area contributed by atoms with Crippen LogP contribution in [0.15, 0.2) is 47.6 Å². The van der Waals surface area contributed by atoms with Crippen LogP contribution in [0.4, 0.5) is 0 Å². The molecule has 5 nitrogen and oxygen atoms in total. The van der Waals surface area contributed by atoms with Crippen molar-refractivity contribution in [2.75, 3.05) is 13.2 Å². The standard InChI is InChI=1S/C22H28N2O3/c1-5-12-26-19-8-6-18(7-9-19)14-23-24-22(25)15-27-20-10-11-21(16(2)3)17(4)13-20/h6-11,13-14,16H,5,12,15H2,1-4H3,(H,24,25)/b23-14+. The number of hydrazone groups is 1. The molecule has 0 aliphatic rings. The van der Waals surface area contributed by atoms with Gasteiger partial charge in [0.25, 0.3) is 5.91 Å². The first-order valence-electron chi connectivity index (χ1n) is 9.27. The Labute approximate surface area is 161 Å². The third-order valence-electron chi connectivity index (χ3n) is 3.99. The molecule has 2 rings (SSSR count). The van der Waals surface area contributed by atoms with E-state index in [9.17, 15) is 4.79 Å². The SMILES string of the molecule is CCCOc1ccc(/C=N/NC(=O)COc2ccc(C(C)C)c(C)c2)cc1. The van der Waals surface area contributed by atoms with Crippen LogP contribution in [0.2, 0.25) is 0 Å². The lowest BCUT2D eigenvalue weighted by Gasteiger charge is -2.12. The first kappa shape index (κ1) is 20.5. The number of aryl methyl sites for hydroxylation is 1. The zero-order valence-electron chi connectivity index (χ0n) is 16.5. The van der Waals surface area contributed by atoms with E-state index >= 15 is 0 Å². The third-order valence-corrected chi connectivity index (χ3v) is 3.99. The minimum atomic E-state index is -0.306. The molecule has 2 aromatic rings. The van der Waals surface area contributed by atoms with Gasteiger partial charge in [-0.25, -0.2) is 5.43 Å². The number of hydrogen-bond acceptors (Lipinski definition) is 4. The normalized spacial score (nSPS) is 11.0. The van der Waals surface area contributed by atoms with E-state index in [1.165, 1.54) is 5.56 Å². The van der Waals surface area contributed by atoms with Crippen LogP contribution in [-0.2, 0) is 4.79 Å². The van der Waals surface area contributed by atoms with Crippen molar-refractivity contribution < 1.29 is 14.3 Å². The summed E-state index contributed by atoms with van der Waals surface area (Å²) < 4.78 is 11.1. The van der Waals surface area contributed by atoms with Gasteiger partial charge < -0.3 is 9.47 Å². The van der Waals surface area contributed by atoms with Crippen LogP contribution in [0.25, 0.3) is 0 Å². The summed E-state index contributed by atoms with van der Waals surface area (Å²) in [6.45, 7) is 9.03. The van der Waals surface area contributed by atoms with E-state index in [4.69, 9.17) is 9.47 Å². The predicted octanol–water partition coefficient (Wildman–Crippen LogP) is 4.44.